The van der Waals surface area contributed by atoms with Crippen LogP contribution in [0.1, 0.15) is 5.69 Å². The van der Waals surface area contributed by atoms with Crippen LogP contribution in [0.2, 0.25) is 0 Å². The number of pyridine rings is 1. The molecule has 0 bridgehead atoms. The predicted octanol–water partition coefficient (Wildman–Crippen LogP) is 0.627. The third kappa shape index (κ3) is 0.887. The Labute approximate surface area is 68.3 Å². The largest absolute Gasteiger partial charge is 0.358 e. The number of fused-ring (bicyclic) bond motifs is 1. The highest BCUT2D eigenvalue weighted by molar-refractivity contribution is 5.75. The summed E-state index contributed by atoms with van der Waals surface area (Å²) in [7, 11) is 0. The second kappa shape index (κ2) is 2.41. The quantitative estimate of drug-likeness (QED) is 0.616. The topological polar surface area (TPSA) is 58.6 Å². The van der Waals surface area contributed by atoms with E-state index in [0.29, 0.717) is 11.0 Å². The van der Waals surface area contributed by atoms with E-state index in [1.165, 1.54) is 12.4 Å². The van der Waals surface area contributed by atoms with Gasteiger partial charge in [-0.05, 0) is 6.92 Å². The van der Waals surface area contributed by atoms with Crippen LogP contribution in [-0.4, -0.2) is 15.0 Å². The molecule has 0 aromatic carbocycles. The lowest BCUT2D eigenvalue weighted by Crippen LogP contribution is -2.04. The van der Waals surface area contributed by atoms with Crippen LogP contribution in [0, 0.1) is 6.92 Å². The van der Waals surface area contributed by atoms with Crippen molar-refractivity contribution in [2.75, 3.05) is 0 Å². The number of aryl methyl sites for hydroxylation is 1. The van der Waals surface area contributed by atoms with Crippen LogP contribution in [0.4, 0.5) is 0 Å². The van der Waals surface area contributed by atoms with Crippen molar-refractivity contribution in [2.24, 2.45) is 0 Å². The summed E-state index contributed by atoms with van der Waals surface area (Å²) in [5.74, 6) is 0. The van der Waals surface area contributed by atoms with E-state index in [2.05, 4.69) is 15.0 Å². The standard InChI is InChI=1S/C8H7N3O/c1-5-7-8(11-4-10-5)6(12)2-3-9-7/h2-4H,1H3,(H,9,12). The minimum Gasteiger partial charge on any atom is -0.358 e. The van der Waals surface area contributed by atoms with Gasteiger partial charge in [-0.2, -0.15) is 0 Å². The molecule has 0 spiro atoms. The van der Waals surface area contributed by atoms with Crippen LogP contribution < -0.4 is 5.43 Å². The molecule has 0 fully saturated rings. The number of nitrogens with zero attached hydrogens (tertiary/aromatic N) is 2. The molecule has 0 aliphatic heterocycles. The molecule has 0 atom stereocenters. The van der Waals surface area contributed by atoms with Crippen LogP contribution >= 0.6 is 0 Å². The fourth-order valence-electron chi connectivity index (χ4n) is 1.11. The van der Waals surface area contributed by atoms with Gasteiger partial charge in [0.2, 0.25) is 5.43 Å². The third-order valence-electron chi connectivity index (χ3n) is 1.73. The average molecular weight is 161 g/mol. The van der Waals surface area contributed by atoms with Crippen molar-refractivity contribution < 1.29 is 0 Å². The summed E-state index contributed by atoms with van der Waals surface area (Å²) in [4.78, 5) is 22.0. The number of nitrogens with one attached hydrogen (secondary N) is 1. The molecule has 60 valence electrons. The van der Waals surface area contributed by atoms with Crippen molar-refractivity contribution in [1.82, 2.24) is 15.0 Å². The minimum absolute atomic E-state index is 0.0748. The lowest BCUT2D eigenvalue weighted by molar-refractivity contribution is 1.12. The summed E-state index contributed by atoms with van der Waals surface area (Å²) in [6.07, 6.45) is 2.99. The van der Waals surface area contributed by atoms with Crippen LogP contribution in [0.3, 0.4) is 0 Å². The molecule has 0 aliphatic carbocycles. The first-order valence-electron chi connectivity index (χ1n) is 3.58. The molecule has 4 heteroatoms. The lowest BCUT2D eigenvalue weighted by atomic mass is 10.3. The number of hydrogen-bond donors (Lipinski definition) is 1. The van der Waals surface area contributed by atoms with Crippen molar-refractivity contribution in [3.8, 4) is 0 Å². The van der Waals surface area contributed by atoms with Gasteiger partial charge in [-0.25, -0.2) is 9.97 Å². The molecule has 0 aliphatic rings. The molecule has 0 radical (unpaired) electrons. The lowest BCUT2D eigenvalue weighted by Gasteiger charge is -1.96. The molecule has 0 unspecified atom stereocenters. The summed E-state index contributed by atoms with van der Waals surface area (Å²) >= 11 is 0. The Morgan fingerprint density at radius 3 is 3.00 bits per heavy atom. The Balaban J connectivity index is 3.05. The molecule has 12 heavy (non-hydrogen) atoms. The maximum absolute atomic E-state index is 11.2. The molecular formula is C8H7N3O. The summed E-state index contributed by atoms with van der Waals surface area (Å²) in [6, 6.07) is 1.45. The molecule has 0 amide bonds. The molecule has 0 saturated carbocycles. The Morgan fingerprint density at radius 1 is 1.42 bits per heavy atom. The van der Waals surface area contributed by atoms with Crippen LogP contribution in [0.15, 0.2) is 23.4 Å². The summed E-state index contributed by atoms with van der Waals surface area (Å²) in [5.41, 5.74) is 1.88. The van der Waals surface area contributed by atoms with Gasteiger partial charge in [0.15, 0.2) is 0 Å². The van der Waals surface area contributed by atoms with Gasteiger partial charge in [0.1, 0.15) is 11.8 Å². The summed E-state index contributed by atoms with van der Waals surface area (Å²) in [6.45, 7) is 1.83. The zero-order valence-corrected chi connectivity index (χ0v) is 6.53. The number of hydrogen-bond acceptors (Lipinski definition) is 3. The molecule has 1 N–H and O–H groups in total. The molecule has 2 aromatic rings. The fourth-order valence-corrected chi connectivity index (χ4v) is 1.11. The van der Waals surface area contributed by atoms with Gasteiger partial charge in [-0.3, -0.25) is 4.79 Å². The molecule has 2 heterocycles. The number of aromatic nitrogens is 3. The van der Waals surface area contributed by atoms with Crippen LogP contribution in [0.5, 0.6) is 0 Å². The van der Waals surface area contributed by atoms with E-state index < -0.39 is 0 Å². The Hall–Kier alpha value is -1.71. The van der Waals surface area contributed by atoms with E-state index in [9.17, 15) is 4.79 Å². The summed E-state index contributed by atoms with van der Waals surface area (Å²) in [5, 5.41) is 0. The van der Waals surface area contributed by atoms with E-state index in [4.69, 9.17) is 0 Å². The van der Waals surface area contributed by atoms with Crippen LogP contribution in [0.25, 0.3) is 11.0 Å². The highest BCUT2D eigenvalue weighted by Crippen LogP contribution is 2.04. The van der Waals surface area contributed by atoms with E-state index in [-0.39, 0.29) is 5.43 Å². The van der Waals surface area contributed by atoms with Gasteiger partial charge in [-0.15, -0.1) is 0 Å². The molecular weight excluding hydrogens is 154 g/mol. The van der Waals surface area contributed by atoms with Gasteiger partial charge in [0.25, 0.3) is 0 Å². The van der Waals surface area contributed by atoms with Crippen LogP contribution in [-0.2, 0) is 0 Å². The highest BCUT2D eigenvalue weighted by Gasteiger charge is 2.00. The Kier molecular flexibility index (Phi) is 1.40. The Bertz CT molecular complexity index is 475. The molecule has 0 saturated heterocycles. The maximum Gasteiger partial charge on any atom is 0.207 e. The number of aromatic amines is 1. The predicted molar refractivity (Wildman–Crippen MR) is 44.9 cm³/mol. The molecule has 2 rings (SSSR count). The first-order valence-corrected chi connectivity index (χ1v) is 3.58. The van der Waals surface area contributed by atoms with E-state index in [1.54, 1.807) is 6.20 Å². The average Bonchev–Trinajstić information content (AvgIpc) is 2.07. The van der Waals surface area contributed by atoms with E-state index >= 15 is 0 Å². The second-order valence-electron chi connectivity index (χ2n) is 2.52. The van der Waals surface area contributed by atoms with E-state index in [0.717, 1.165) is 5.69 Å². The minimum atomic E-state index is -0.0748. The molecule has 4 nitrogen and oxygen atoms in total. The van der Waals surface area contributed by atoms with E-state index in [1.807, 2.05) is 6.92 Å². The summed E-state index contributed by atoms with van der Waals surface area (Å²) < 4.78 is 0. The van der Waals surface area contributed by atoms with Gasteiger partial charge < -0.3 is 4.98 Å². The molecule has 2 aromatic heterocycles. The van der Waals surface area contributed by atoms with Gasteiger partial charge in [0, 0.05) is 12.3 Å². The van der Waals surface area contributed by atoms with Gasteiger partial charge in [-0.1, -0.05) is 0 Å². The van der Waals surface area contributed by atoms with Crippen molar-refractivity contribution in [2.45, 2.75) is 6.92 Å². The fraction of sp³-hybridized carbons (Fsp3) is 0.125. The second-order valence-corrected chi connectivity index (χ2v) is 2.52. The van der Waals surface area contributed by atoms with Gasteiger partial charge in [0.05, 0.1) is 11.2 Å². The first-order chi connectivity index (χ1) is 5.79. The third-order valence-corrected chi connectivity index (χ3v) is 1.73. The zero-order chi connectivity index (χ0) is 8.55. The monoisotopic (exact) mass is 161 g/mol. The Morgan fingerprint density at radius 2 is 2.25 bits per heavy atom. The number of H-pyrrole nitrogens is 1. The number of rotatable bonds is 0. The van der Waals surface area contributed by atoms with Crippen molar-refractivity contribution in [1.29, 1.82) is 0 Å². The van der Waals surface area contributed by atoms with Crippen molar-refractivity contribution >= 4 is 11.0 Å². The first kappa shape index (κ1) is 6.97. The zero-order valence-electron chi connectivity index (χ0n) is 6.53. The smallest absolute Gasteiger partial charge is 0.207 e. The van der Waals surface area contributed by atoms with Crippen molar-refractivity contribution in [3.05, 3.63) is 34.5 Å². The highest BCUT2D eigenvalue weighted by atomic mass is 16.1. The normalized spacial score (nSPS) is 10.4. The van der Waals surface area contributed by atoms with Crippen molar-refractivity contribution in [3.63, 3.8) is 0 Å². The maximum atomic E-state index is 11.2. The van der Waals surface area contributed by atoms with Gasteiger partial charge >= 0.3 is 0 Å². The SMILES string of the molecule is Cc1ncnc2c(=O)cc[nH]c12.